The van der Waals surface area contributed by atoms with E-state index in [9.17, 15) is 0 Å². The number of rotatable bonds is 7. The van der Waals surface area contributed by atoms with Crippen molar-refractivity contribution in [2.75, 3.05) is 26.7 Å². The van der Waals surface area contributed by atoms with Crippen LogP contribution in [0.4, 0.5) is 0 Å². The Hall–Kier alpha value is -2.34. The van der Waals surface area contributed by atoms with Crippen LogP contribution in [0.1, 0.15) is 47.4 Å². The molecule has 2 aromatic rings. The molecule has 28 heavy (non-hydrogen) atoms. The van der Waals surface area contributed by atoms with Gasteiger partial charge in [0.1, 0.15) is 5.76 Å². The minimum atomic E-state index is 0.759. The second-order valence-corrected chi connectivity index (χ2v) is 7.56. The summed E-state index contributed by atoms with van der Waals surface area (Å²) in [5.74, 6) is 1.70. The molecule has 1 aromatic carbocycles. The smallest absolute Gasteiger partial charge is 0.191 e. The number of aromatic nitrogens is 1. The number of hydrogen-bond acceptors (Lipinski definition) is 4. The van der Waals surface area contributed by atoms with Crippen LogP contribution >= 0.6 is 0 Å². The van der Waals surface area contributed by atoms with Gasteiger partial charge in [-0.1, -0.05) is 35.8 Å². The van der Waals surface area contributed by atoms with E-state index in [2.05, 4.69) is 49.9 Å². The lowest BCUT2D eigenvalue weighted by molar-refractivity contribution is 0.221. The predicted octanol–water partition coefficient (Wildman–Crippen LogP) is 3.19. The zero-order chi connectivity index (χ0) is 19.8. The van der Waals surface area contributed by atoms with Crippen LogP contribution in [0.3, 0.4) is 0 Å². The molecule has 2 heterocycles. The van der Waals surface area contributed by atoms with E-state index in [1.165, 1.54) is 49.0 Å². The molecule has 1 fully saturated rings. The molecule has 0 amide bonds. The van der Waals surface area contributed by atoms with E-state index in [-0.39, 0.29) is 0 Å². The molecule has 1 aliphatic rings. The summed E-state index contributed by atoms with van der Waals surface area (Å²) >= 11 is 0. The van der Waals surface area contributed by atoms with E-state index in [4.69, 9.17) is 4.52 Å². The predicted molar refractivity (Wildman–Crippen MR) is 113 cm³/mol. The highest BCUT2D eigenvalue weighted by Crippen LogP contribution is 2.14. The molecule has 2 N–H and O–H groups in total. The first-order chi connectivity index (χ1) is 13.7. The van der Waals surface area contributed by atoms with Crippen molar-refractivity contribution in [3.8, 4) is 0 Å². The maximum Gasteiger partial charge on any atom is 0.191 e. The summed E-state index contributed by atoms with van der Waals surface area (Å²) < 4.78 is 5.22. The van der Waals surface area contributed by atoms with Gasteiger partial charge in [-0.2, -0.15) is 0 Å². The van der Waals surface area contributed by atoms with Crippen molar-refractivity contribution in [1.82, 2.24) is 20.7 Å². The quantitative estimate of drug-likeness (QED) is 0.568. The molecule has 6 nitrogen and oxygen atoms in total. The third-order valence-corrected chi connectivity index (χ3v) is 5.41. The third kappa shape index (κ3) is 5.83. The van der Waals surface area contributed by atoms with E-state index in [1.54, 1.807) is 7.05 Å². The summed E-state index contributed by atoms with van der Waals surface area (Å²) in [6.45, 7) is 9.02. The molecule has 0 bridgehead atoms. The van der Waals surface area contributed by atoms with Gasteiger partial charge >= 0.3 is 0 Å². The van der Waals surface area contributed by atoms with Crippen LogP contribution in [-0.2, 0) is 19.5 Å². The summed E-state index contributed by atoms with van der Waals surface area (Å²) in [5, 5.41) is 10.7. The Morgan fingerprint density at radius 1 is 1.07 bits per heavy atom. The number of benzene rings is 1. The number of likely N-dealkylation sites (tertiary alicyclic amines) is 1. The van der Waals surface area contributed by atoms with Crippen molar-refractivity contribution in [2.45, 2.75) is 52.6 Å². The molecule has 0 radical (unpaired) electrons. The van der Waals surface area contributed by atoms with E-state index >= 15 is 0 Å². The van der Waals surface area contributed by atoms with Crippen molar-refractivity contribution in [3.05, 3.63) is 52.4 Å². The Morgan fingerprint density at radius 2 is 1.79 bits per heavy atom. The topological polar surface area (TPSA) is 65.7 Å². The minimum absolute atomic E-state index is 0.759. The van der Waals surface area contributed by atoms with Crippen molar-refractivity contribution >= 4 is 5.96 Å². The molecule has 1 saturated heterocycles. The average Bonchev–Trinajstić information content (AvgIpc) is 3.04. The molecule has 1 aromatic heterocycles. The van der Waals surface area contributed by atoms with Crippen LogP contribution < -0.4 is 10.6 Å². The number of nitrogens with zero attached hydrogens (tertiary/aromatic N) is 3. The van der Waals surface area contributed by atoms with Gasteiger partial charge in [-0.05, 0) is 57.3 Å². The molecule has 6 heteroatoms. The summed E-state index contributed by atoms with van der Waals surface area (Å²) in [5.41, 5.74) is 4.79. The number of nitrogens with one attached hydrogen (secondary N) is 2. The van der Waals surface area contributed by atoms with Crippen LogP contribution in [0.2, 0.25) is 0 Å². The molecular formula is C22H33N5O. The molecule has 0 spiro atoms. The summed E-state index contributed by atoms with van der Waals surface area (Å²) in [6, 6.07) is 8.92. The first-order valence-corrected chi connectivity index (χ1v) is 10.3. The molecule has 0 unspecified atom stereocenters. The highest BCUT2D eigenvalue weighted by atomic mass is 16.5. The zero-order valence-corrected chi connectivity index (χ0v) is 17.4. The van der Waals surface area contributed by atoms with Crippen molar-refractivity contribution < 1.29 is 4.52 Å². The molecule has 0 saturated carbocycles. The highest BCUT2D eigenvalue weighted by molar-refractivity contribution is 5.79. The Balaban J connectivity index is 1.41. The molecule has 152 valence electrons. The zero-order valence-electron chi connectivity index (χ0n) is 17.4. The van der Waals surface area contributed by atoms with Crippen LogP contribution in [0, 0.1) is 13.8 Å². The molecule has 0 atom stereocenters. The Bertz CT molecular complexity index is 740. The van der Waals surface area contributed by atoms with Crippen LogP contribution in [-0.4, -0.2) is 42.7 Å². The fourth-order valence-corrected chi connectivity index (χ4v) is 3.71. The second-order valence-electron chi connectivity index (χ2n) is 7.56. The van der Waals surface area contributed by atoms with Gasteiger partial charge in [-0.3, -0.25) is 9.89 Å². The van der Waals surface area contributed by atoms with Crippen molar-refractivity contribution in [2.24, 2.45) is 4.99 Å². The number of hydrogen-bond donors (Lipinski definition) is 2. The number of aryl methyl sites for hydroxylation is 2. The van der Waals surface area contributed by atoms with E-state index in [0.717, 1.165) is 43.5 Å². The number of piperidine rings is 1. The lowest BCUT2D eigenvalue weighted by atomic mass is 10.1. The molecular weight excluding hydrogens is 350 g/mol. The van der Waals surface area contributed by atoms with Crippen LogP contribution in [0.25, 0.3) is 0 Å². The van der Waals surface area contributed by atoms with Crippen LogP contribution in [0.5, 0.6) is 0 Å². The van der Waals surface area contributed by atoms with Gasteiger partial charge in [-0.15, -0.1) is 0 Å². The van der Waals surface area contributed by atoms with Gasteiger partial charge < -0.3 is 15.2 Å². The van der Waals surface area contributed by atoms with Gasteiger partial charge in [0.25, 0.3) is 0 Å². The second kappa shape index (κ2) is 10.3. The Morgan fingerprint density at radius 3 is 2.43 bits per heavy atom. The SMILES string of the molecule is CN=C(NCCc1c(C)noc1C)NCc1ccc(CN2CCCCC2)cc1. The lowest BCUT2D eigenvalue weighted by Crippen LogP contribution is -2.37. The lowest BCUT2D eigenvalue weighted by Gasteiger charge is -2.26. The van der Waals surface area contributed by atoms with Crippen LogP contribution in [0.15, 0.2) is 33.8 Å². The van der Waals surface area contributed by atoms with Gasteiger partial charge in [-0.25, -0.2) is 0 Å². The first-order valence-electron chi connectivity index (χ1n) is 10.3. The third-order valence-electron chi connectivity index (χ3n) is 5.41. The maximum absolute atomic E-state index is 5.22. The minimum Gasteiger partial charge on any atom is -0.361 e. The average molecular weight is 384 g/mol. The molecule has 1 aliphatic heterocycles. The summed E-state index contributed by atoms with van der Waals surface area (Å²) in [4.78, 5) is 6.87. The van der Waals surface area contributed by atoms with Crippen molar-refractivity contribution in [3.63, 3.8) is 0 Å². The van der Waals surface area contributed by atoms with Gasteiger partial charge in [0.15, 0.2) is 5.96 Å². The van der Waals surface area contributed by atoms with Gasteiger partial charge in [0, 0.05) is 32.2 Å². The van der Waals surface area contributed by atoms with Gasteiger partial charge in [0.05, 0.1) is 5.69 Å². The fraction of sp³-hybridized carbons (Fsp3) is 0.545. The summed E-state index contributed by atoms with van der Waals surface area (Å²) in [7, 11) is 1.80. The standard InChI is InChI=1S/C22H33N5O/c1-17-21(18(2)28-26-17)11-12-24-22(23-3)25-15-19-7-9-20(10-8-19)16-27-13-5-4-6-14-27/h7-10H,4-6,11-16H2,1-3H3,(H2,23,24,25). The highest BCUT2D eigenvalue weighted by Gasteiger charge is 2.10. The summed E-state index contributed by atoms with van der Waals surface area (Å²) in [6.07, 6.45) is 4.93. The first kappa shape index (κ1) is 20.4. The van der Waals surface area contributed by atoms with E-state index < -0.39 is 0 Å². The van der Waals surface area contributed by atoms with E-state index in [1.807, 2.05) is 13.8 Å². The largest absolute Gasteiger partial charge is 0.361 e. The van der Waals surface area contributed by atoms with E-state index in [0.29, 0.717) is 0 Å². The Labute approximate surface area is 168 Å². The van der Waals surface area contributed by atoms with Crippen molar-refractivity contribution in [1.29, 1.82) is 0 Å². The normalized spacial score (nSPS) is 15.6. The molecule has 0 aliphatic carbocycles. The maximum atomic E-state index is 5.22. The molecule has 3 rings (SSSR count). The Kier molecular flexibility index (Phi) is 7.48. The van der Waals surface area contributed by atoms with Gasteiger partial charge in [0.2, 0.25) is 0 Å². The monoisotopic (exact) mass is 383 g/mol. The fourth-order valence-electron chi connectivity index (χ4n) is 3.71. The number of aliphatic imine (C=N–C) groups is 1. The number of guanidine groups is 1.